The van der Waals surface area contributed by atoms with Gasteiger partial charge in [-0.1, -0.05) is 13.0 Å². The topological polar surface area (TPSA) is 62.6 Å². The van der Waals surface area contributed by atoms with E-state index in [9.17, 15) is 9.59 Å². The minimum Gasteiger partial charge on any atom is -0.467 e. The molecule has 3 rings (SSSR count). The molecule has 0 bridgehead atoms. The van der Waals surface area contributed by atoms with Crippen LogP contribution in [0.5, 0.6) is 0 Å². The van der Waals surface area contributed by atoms with Crippen molar-refractivity contribution in [3.8, 4) is 0 Å². The lowest BCUT2D eigenvalue weighted by Gasteiger charge is -2.31. The normalized spacial score (nSPS) is 17.5. The smallest absolute Gasteiger partial charge is 0.253 e. The second-order valence-corrected chi connectivity index (χ2v) is 6.34. The van der Waals surface area contributed by atoms with Gasteiger partial charge in [0, 0.05) is 24.2 Å². The Morgan fingerprint density at radius 2 is 2.08 bits per heavy atom. The maximum atomic E-state index is 12.6. The predicted octanol–water partition coefficient (Wildman–Crippen LogP) is 3.08. The summed E-state index contributed by atoms with van der Waals surface area (Å²) in [5.41, 5.74) is 1.05. The number of benzene rings is 1. The quantitative estimate of drug-likeness (QED) is 0.939. The van der Waals surface area contributed by atoms with E-state index in [1.165, 1.54) is 6.42 Å². The molecule has 1 aliphatic heterocycles. The minimum atomic E-state index is -0.215. The number of amides is 2. The summed E-state index contributed by atoms with van der Waals surface area (Å²) >= 11 is 0. The molecule has 2 heterocycles. The maximum absolute atomic E-state index is 12.6. The van der Waals surface area contributed by atoms with E-state index in [4.69, 9.17) is 4.42 Å². The number of nitrogens with one attached hydrogen (secondary N) is 1. The van der Waals surface area contributed by atoms with Crippen LogP contribution < -0.4 is 5.32 Å². The number of carbonyl (C=O) groups excluding carboxylic acids is 2. The number of hydrogen-bond acceptors (Lipinski definition) is 3. The van der Waals surface area contributed by atoms with Gasteiger partial charge in [-0.25, -0.2) is 0 Å². The highest BCUT2D eigenvalue weighted by molar-refractivity contribution is 5.99. The van der Waals surface area contributed by atoms with Crippen LogP contribution >= 0.6 is 0 Å². The first-order chi connectivity index (χ1) is 11.6. The molecule has 1 aromatic heterocycles. The van der Waals surface area contributed by atoms with Crippen LogP contribution in [0.1, 0.15) is 46.2 Å². The van der Waals surface area contributed by atoms with Gasteiger partial charge >= 0.3 is 0 Å². The summed E-state index contributed by atoms with van der Waals surface area (Å²) in [4.78, 5) is 26.8. The van der Waals surface area contributed by atoms with Gasteiger partial charge < -0.3 is 14.6 Å². The molecule has 1 N–H and O–H groups in total. The van der Waals surface area contributed by atoms with Gasteiger partial charge in [0.15, 0.2) is 0 Å². The van der Waals surface area contributed by atoms with Crippen molar-refractivity contribution in [3.05, 3.63) is 59.5 Å². The van der Waals surface area contributed by atoms with Gasteiger partial charge in [-0.3, -0.25) is 9.59 Å². The van der Waals surface area contributed by atoms with E-state index in [-0.39, 0.29) is 11.8 Å². The Balaban J connectivity index is 1.66. The number of rotatable bonds is 4. The second-order valence-electron chi connectivity index (χ2n) is 6.34. The monoisotopic (exact) mass is 326 g/mol. The van der Waals surface area contributed by atoms with Crippen molar-refractivity contribution in [1.82, 2.24) is 10.2 Å². The van der Waals surface area contributed by atoms with Gasteiger partial charge in [0.1, 0.15) is 5.76 Å². The van der Waals surface area contributed by atoms with Crippen molar-refractivity contribution in [2.75, 3.05) is 13.1 Å². The highest BCUT2D eigenvalue weighted by Crippen LogP contribution is 2.18. The van der Waals surface area contributed by atoms with E-state index in [0.29, 0.717) is 29.3 Å². The fourth-order valence-corrected chi connectivity index (χ4v) is 3.03. The zero-order valence-corrected chi connectivity index (χ0v) is 13.8. The molecule has 1 aromatic carbocycles. The maximum Gasteiger partial charge on any atom is 0.253 e. The average Bonchev–Trinajstić information content (AvgIpc) is 3.12. The summed E-state index contributed by atoms with van der Waals surface area (Å²) in [5, 5.41) is 2.80. The molecule has 2 amide bonds. The minimum absolute atomic E-state index is 0.00207. The van der Waals surface area contributed by atoms with E-state index in [1.807, 2.05) is 4.90 Å². The third-order valence-electron chi connectivity index (χ3n) is 4.32. The number of hydrogen-bond donors (Lipinski definition) is 1. The number of piperidine rings is 1. The van der Waals surface area contributed by atoms with Gasteiger partial charge in [-0.05, 0) is 49.1 Å². The van der Waals surface area contributed by atoms with Crippen LogP contribution in [0, 0.1) is 5.92 Å². The zero-order valence-electron chi connectivity index (χ0n) is 13.8. The van der Waals surface area contributed by atoms with E-state index in [1.54, 1.807) is 42.7 Å². The Hall–Kier alpha value is -2.56. The number of carbonyl (C=O) groups is 2. The molecule has 1 saturated heterocycles. The summed E-state index contributed by atoms with van der Waals surface area (Å²) < 4.78 is 5.20. The van der Waals surface area contributed by atoms with Gasteiger partial charge in [0.05, 0.1) is 12.8 Å². The molecule has 1 fully saturated rings. The Labute approximate surface area is 141 Å². The van der Waals surface area contributed by atoms with Crippen molar-refractivity contribution in [1.29, 1.82) is 0 Å². The zero-order chi connectivity index (χ0) is 16.9. The lowest BCUT2D eigenvalue weighted by Crippen LogP contribution is -2.39. The van der Waals surface area contributed by atoms with Crippen LogP contribution in [0.4, 0.5) is 0 Å². The SMILES string of the molecule is CC1CCCN(C(=O)c2cccc(C(=O)NCc3ccco3)c2)C1. The van der Waals surface area contributed by atoms with E-state index >= 15 is 0 Å². The molecule has 1 atom stereocenters. The molecule has 126 valence electrons. The highest BCUT2D eigenvalue weighted by atomic mass is 16.3. The van der Waals surface area contributed by atoms with Crippen LogP contribution in [0.25, 0.3) is 0 Å². The second kappa shape index (κ2) is 7.34. The Kier molecular flexibility index (Phi) is 4.99. The van der Waals surface area contributed by atoms with Crippen molar-refractivity contribution >= 4 is 11.8 Å². The molecule has 5 nitrogen and oxygen atoms in total. The average molecular weight is 326 g/mol. The van der Waals surface area contributed by atoms with Crippen LogP contribution in [0.3, 0.4) is 0 Å². The van der Waals surface area contributed by atoms with E-state index < -0.39 is 0 Å². The molecule has 24 heavy (non-hydrogen) atoms. The predicted molar refractivity (Wildman–Crippen MR) is 90.6 cm³/mol. The first-order valence-corrected chi connectivity index (χ1v) is 8.33. The highest BCUT2D eigenvalue weighted by Gasteiger charge is 2.22. The number of nitrogens with zero attached hydrogens (tertiary/aromatic N) is 1. The first-order valence-electron chi connectivity index (χ1n) is 8.33. The van der Waals surface area contributed by atoms with Gasteiger partial charge in [-0.2, -0.15) is 0 Å². The molecule has 0 spiro atoms. The van der Waals surface area contributed by atoms with Crippen molar-refractivity contribution in [2.45, 2.75) is 26.3 Å². The van der Waals surface area contributed by atoms with Crippen molar-refractivity contribution in [2.24, 2.45) is 5.92 Å². The first kappa shape index (κ1) is 16.3. The summed E-state index contributed by atoms with van der Waals surface area (Å²) in [6.07, 6.45) is 3.77. The van der Waals surface area contributed by atoms with E-state index in [2.05, 4.69) is 12.2 Å². The molecular formula is C19H22N2O3. The number of furan rings is 1. The van der Waals surface area contributed by atoms with Crippen molar-refractivity contribution in [3.63, 3.8) is 0 Å². The fourth-order valence-electron chi connectivity index (χ4n) is 3.03. The van der Waals surface area contributed by atoms with Gasteiger partial charge in [0.25, 0.3) is 11.8 Å². The summed E-state index contributed by atoms with van der Waals surface area (Å²) in [5.74, 6) is 1.01. The fraction of sp³-hybridized carbons (Fsp3) is 0.368. The summed E-state index contributed by atoms with van der Waals surface area (Å²) in [7, 11) is 0. The standard InChI is InChI=1S/C19H22N2O3/c1-14-5-3-9-21(13-14)19(23)16-7-2-6-15(11-16)18(22)20-12-17-8-4-10-24-17/h2,4,6-8,10-11,14H,3,5,9,12-13H2,1H3,(H,20,22). The van der Waals surface area contributed by atoms with Gasteiger partial charge in [-0.15, -0.1) is 0 Å². The molecule has 1 unspecified atom stereocenters. The largest absolute Gasteiger partial charge is 0.467 e. The Bertz CT molecular complexity index is 709. The molecule has 2 aromatic rings. The van der Waals surface area contributed by atoms with Crippen LogP contribution in [0.15, 0.2) is 47.1 Å². The summed E-state index contributed by atoms with van der Waals surface area (Å²) in [6.45, 7) is 4.07. The Morgan fingerprint density at radius 3 is 2.83 bits per heavy atom. The van der Waals surface area contributed by atoms with Crippen LogP contribution in [-0.4, -0.2) is 29.8 Å². The number of likely N-dealkylation sites (tertiary alicyclic amines) is 1. The molecule has 1 aliphatic rings. The lowest BCUT2D eigenvalue weighted by molar-refractivity contribution is 0.0683. The van der Waals surface area contributed by atoms with Crippen LogP contribution in [-0.2, 0) is 6.54 Å². The molecule has 5 heteroatoms. The third kappa shape index (κ3) is 3.85. The van der Waals surface area contributed by atoms with E-state index in [0.717, 1.165) is 19.5 Å². The molecule has 0 aliphatic carbocycles. The lowest BCUT2D eigenvalue weighted by atomic mass is 9.99. The molecule has 0 saturated carbocycles. The Morgan fingerprint density at radius 1 is 1.25 bits per heavy atom. The van der Waals surface area contributed by atoms with Crippen molar-refractivity contribution < 1.29 is 14.0 Å². The molecule has 0 radical (unpaired) electrons. The van der Waals surface area contributed by atoms with Gasteiger partial charge in [0.2, 0.25) is 0 Å². The summed E-state index contributed by atoms with van der Waals surface area (Å²) in [6, 6.07) is 10.5. The molecular weight excluding hydrogens is 304 g/mol. The third-order valence-corrected chi connectivity index (χ3v) is 4.32. The van der Waals surface area contributed by atoms with Crippen LogP contribution in [0.2, 0.25) is 0 Å².